The van der Waals surface area contributed by atoms with Gasteiger partial charge in [0.25, 0.3) is 0 Å². The Bertz CT molecular complexity index is 464. The predicted molar refractivity (Wildman–Crippen MR) is 69.0 cm³/mol. The molecule has 0 fully saturated rings. The van der Waals surface area contributed by atoms with Crippen LogP contribution in [0.4, 0.5) is 5.69 Å². The highest BCUT2D eigenvalue weighted by Crippen LogP contribution is 2.25. The smallest absolute Gasteiger partial charge is 0.328 e. The first-order valence-corrected chi connectivity index (χ1v) is 5.98. The topological polar surface area (TPSA) is 87.7 Å². The number of methoxy groups -OCH3 is 1. The molecule has 0 spiro atoms. The van der Waals surface area contributed by atoms with Gasteiger partial charge in [0.05, 0.1) is 6.61 Å². The van der Waals surface area contributed by atoms with E-state index in [1.807, 2.05) is 24.3 Å². The molecule has 0 saturated carbocycles. The van der Waals surface area contributed by atoms with E-state index < -0.39 is 18.1 Å². The number of amides is 1. The van der Waals surface area contributed by atoms with Crippen LogP contribution in [0.3, 0.4) is 0 Å². The number of ether oxygens (including phenoxy) is 1. The van der Waals surface area contributed by atoms with Crippen molar-refractivity contribution in [2.75, 3.05) is 19.0 Å². The van der Waals surface area contributed by atoms with Crippen LogP contribution in [-0.2, 0) is 20.7 Å². The summed E-state index contributed by atoms with van der Waals surface area (Å²) in [5.41, 5.74) is 1.97. The van der Waals surface area contributed by atoms with Crippen molar-refractivity contribution in [2.45, 2.75) is 18.5 Å². The third kappa shape index (κ3) is 3.03. The van der Waals surface area contributed by atoms with Crippen molar-refractivity contribution in [3.63, 3.8) is 0 Å². The summed E-state index contributed by atoms with van der Waals surface area (Å²) in [6.07, 6.45) is 0.557. The molecular formula is C13H16N2O4. The third-order valence-corrected chi connectivity index (χ3v) is 3.04. The molecular weight excluding hydrogens is 248 g/mol. The van der Waals surface area contributed by atoms with Gasteiger partial charge in [0, 0.05) is 19.2 Å². The molecule has 1 aromatic carbocycles. The number of para-hydroxylation sites is 1. The van der Waals surface area contributed by atoms with Crippen LogP contribution in [0.15, 0.2) is 24.3 Å². The highest BCUT2D eigenvalue weighted by Gasteiger charge is 2.29. The molecule has 2 atom stereocenters. The Morgan fingerprint density at radius 3 is 2.89 bits per heavy atom. The lowest BCUT2D eigenvalue weighted by Crippen LogP contribution is -2.49. The van der Waals surface area contributed by atoms with E-state index in [2.05, 4.69) is 10.6 Å². The molecule has 0 saturated heterocycles. The highest BCUT2D eigenvalue weighted by molar-refractivity contribution is 5.90. The number of hydrogen-bond acceptors (Lipinski definition) is 4. The van der Waals surface area contributed by atoms with Crippen molar-refractivity contribution in [2.24, 2.45) is 0 Å². The lowest BCUT2D eigenvalue weighted by Gasteiger charge is -2.17. The molecule has 6 heteroatoms. The normalized spacial score (nSPS) is 18.3. The van der Waals surface area contributed by atoms with Gasteiger partial charge in [-0.1, -0.05) is 18.2 Å². The molecule has 1 unspecified atom stereocenters. The van der Waals surface area contributed by atoms with Crippen LogP contribution in [0, 0.1) is 0 Å². The summed E-state index contributed by atoms with van der Waals surface area (Å²) in [6, 6.07) is 6.17. The van der Waals surface area contributed by atoms with Gasteiger partial charge in [-0.25, -0.2) is 4.79 Å². The molecule has 19 heavy (non-hydrogen) atoms. The van der Waals surface area contributed by atoms with Crippen molar-refractivity contribution < 1.29 is 19.4 Å². The van der Waals surface area contributed by atoms with Crippen LogP contribution in [-0.4, -0.2) is 42.8 Å². The second kappa shape index (κ2) is 5.71. The van der Waals surface area contributed by atoms with E-state index in [1.54, 1.807) is 0 Å². The second-order valence-corrected chi connectivity index (χ2v) is 4.41. The fourth-order valence-corrected chi connectivity index (χ4v) is 2.07. The zero-order valence-electron chi connectivity index (χ0n) is 10.6. The van der Waals surface area contributed by atoms with Crippen molar-refractivity contribution in [1.29, 1.82) is 0 Å². The monoisotopic (exact) mass is 264 g/mol. The van der Waals surface area contributed by atoms with Gasteiger partial charge in [0.15, 0.2) is 6.04 Å². The maximum absolute atomic E-state index is 12.0. The minimum Gasteiger partial charge on any atom is -0.480 e. The summed E-state index contributed by atoms with van der Waals surface area (Å²) < 4.78 is 4.77. The molecule has 1 amide bonds. The molecule has 0 aromatic heterocycles. The molecule has 3 N–H and O–H groups in total. The number of rotatable bonds is 5. The standard InChI is InChI=1S/C13H16N2O4/c1-19-7-11(13(17)18)15-12(16)10-6-8-4-2-3-5-9(8)14-10/h2-5,10-11,14H,6-7H2,1H3,(H,15,16)(H,17,18)/t10-,11?/m0/s1. The van der Waals surface area contributed by atoms with Crippen LogP contribution in [0.1, 0.15) is 5.56 Å². The zero-order chi connectivity index (χ0) is 13.8. The Labute approximate surface area is 110 Å². The number of aliphatic carboxylic acids is 1. The number of carbonyl (C=O) groups is 2. The Balaban J connectivity index is 1.97. The molecule has 1 aromatic rings. The molecule has 1 heterocycles. The Hall–Kier alpha value is -2.08. The van der Waals surface area contributed by atoms with Gasteiger partial charge >= 0.3 is 5.97 Å². The van der Waals surface area contributed by atoms with Gasteiger partial charge in [0.2, 0.25) is 5.91 Å². The molecule has 0 bridgehead atoms. The number of fused-ring (bicyclic) bond motifs is 1. The number of hydrogen-bond donors (Lipinski definition) is 3. The van der Waals surface area contributed by atoms with Gasteiger partial charge in [-0.05, 0) is 11.6 Å². The molecule has 2 rings (SSSR count). The van der Waals surface area contributed by atoms with E-state index in [0.717, 1.165) is 11.3 Å². The Morgan fingerprint density at radius 2 is 2.26 bits per heavy atom. The number of nitrogens with one attached hydrogen (secondary N) is 2. The van der Waals surface area contributed by atoms with Gasteiger partial charge in [-0.2, -0.15) is 0 Å². The number of anilines is 1. The van der Waals surface area contributed by atoms with Gasteiger partial charge in [-0.15, -0.1) is 0 Å². The molecule has 1 aliphatic heterocycles. The minimum atomic E-state index is -1.11. The third-order valence-electron chi connectivity index (χ3n) is 3.04. The van der Waals surface area contributed by atoms with Crippen molar-refractivity contribution in [3.8, 4) is 0 Å². The minimum absolute atomic E-state index is 0.0548. The summed E-state index contributed by atoms with van der Waals surface area (Å²) in [5.74, 6) is -1.44. The number of carbonyl (C=O) groups excluding carboxylic acids is 1. The number of carboxylic acid groups (broad SMARTS) is 1. The van der Waals surface area contributed by atoms with Crippen LogP contribution >= 0.6 is 0 Å². The van der Waals surface area contributed by atoms with Crippen LogP contribution in [0.5, 0.6) is 0 Å². The Morgan fingerprint density at radius 1 is 1.53 bits per heavy atom. The van der Waals surface area contributed by atoms with E-state index >= 15 is 0 Å². The van der Waals surface area contributed by atoms with Crippen LogP contribution < -0.4 is 10.6 Å². The van der Waals surface area contributed by atoms with E-state index in [1.165, 1.54) is 7.11 Å². The average molecular weight is 264 g/mol. The summed E-state index contributed by atoms with van der Waals surface area (Å²) in [5, 5.41) is 14.5. The summed E-state index contributed by atoms with van der Waals surface area (Å²) in [6.45, 7) is -0.0548. The van der Waals surface area contributed by atoms with Gasteiger partial charge < -0.3 is 20.5 Å². The maximum atomic E-state index is 12.0. The fraction of sp³-hybridized carbons (Fsp3) is 0.385. The number of benzene rings is 1. The van der Waals surface area contributed by atoms with Crippen LogP contribution in [0.25, 0.3) is 0 Å². The molecule has 0 aliphatic carbocycles. The van der Waals surface area contributed by atoms with E-state index in [-0.39, 0.29) is 12.5 Å². The predicted octanol–water partition coefficient (Wildman–Crippen LogP) is 0.239. The fourth-order valence-electron chi connectivity index (χ4n) is 2.07. The molecule has 0 radical (unpaired) electrons. The van der Waals surface area contributed by atoms with E-state index in [0.29, 0.717) is 6.42 Å². The first-order valence-electron chi connectivity index (χ1n) is 5.98. The highest BCUT2D eigenvalue weighted by atomic mass is 16.5. The summed E-state index contributed by atoms with van der Waals surface area (Å²) >= 11 is 0. The van der Waals surface area contributed by atoms with Crippen molar-refractivity contribution >= 4 is 17.6 Å². The zero-order valence-corrected chi connectivity index (χ0v) is 10.6. The maximum Gasteiger partial charge on any atom is 0.328 e. The lowest BCUT2D eigenvalue weighted by molar-refractivity contribution is -0.143. The molecule has 102 valence electrons. The van der Waals surface area contributed by atoms with E-state index in [9.17, 15) is 9.59 Å². The Kier molecular flexibility index (Phi) is 4.01. The second-order valence-electron chi connectivity index (χ2n) is 4.41. The lowest BCUT2D eigenvalue weighted by atomic mass is 10.1. The van der Waals surface area contributed by atoms with Crippen molar-refractivity contribution in [3.05, 3.63) is 29.8 Å². The summed E-state index contributed by atoms with van der Waals surface area (Å²) in [7, 11) is 1.39. The largest absolute Gasteiger partial charge is 0.480 e. The quantitative estimate of drug-likeness (QED) is 0.709. The molecule has 1 aliphatic rings. The van der Waals surface area contributed by atoms with Gasteiger partial charge in [0.1, 0.15) is 6.04 Å². The summed E-state index contributed by atoms with van der Waals surface area (Å²) in [4.78, 5) is 23.0. The SMILES string of the molecule is COCC(NC(=O)[C@@H]1Cc2ccccc2N1)C(=O)O. The average Bonchev–Trinajstić information content (AvgIpc) is 2.81. The molecule has 6 nitrogen and oxygen atoms in total. The first kappa shape index (κ1) is 13.4. The van der Waals surface area contributed by atoms with Gasteiger partial charge in [-0.3, -0.25) is 4.79 Å². The van der Waals surface area contributed by atoms with Crippen molar-refractivity contribution in [1.82, 2.24) is 5.32 Å². The first-order chi connectivity index (χ1) is 9.11. The van der Waals surface area contributed by atoms with Crippen LogP contribution in [0.2, 0.25) is 0 Å². The number of carboxylic acids is 1. The van der Waals surface area contributed by atoms with E-state index in [4.69, 9.17) is 9.84 Å².